The van der Waals surface area contributed by atoms with Crippen molar-refractivity contribution in [3.63, 3.8) is 0 Å². The summed E-state index contributed by atoms with van der Waals surface area (Å²) in [6.45, 7) is 3.30. The van der Waals surface area contributed by atoms with E-state index in [1.807, 2.05) is 0 Å². The van der Waals surface area contributed by atoms with Gasteiger partial charge in [0.2, 0.25) is 0 Å². The van der Waals surface area contributed by atoms with Gasteiger partial charge in [-0.2, -0.15) is 0 Å². The van der Waals surface area contributed by atoms with Crippen molar-refractivity contribution < 1.29 is 13.9 Å². The highest BCUT2D eigenvalue weighted by Gasteiger charge is 2.21. The zero-order chi connectivity index (χ0) is 18.9. The first-order valence-corrected chi connectivity index (χ1v) is 8.75. The Kier molecular flexibility index (Phi) is 5.84. The molecule has 1 aromatic heterocycles. The van der Waals surface area contributed by atoms with E-state index in [1.54, 1.807) is 13.8 Å². The van der Waals surface area contributed by atoms with Crippen molar-refractivity contribution in [3.05, 3.63) is 61.1 Å². The number of esters is 1. The second kappa shape index (κ2) is 7.53. The van der Waals surface area contributed by atoms with Crippen LogP contribution in [0.15, 0.2) is 27.9 Å². The average molecular weight is 434 g/mol. The van der Waals surface area contributed by atoms with Gasteiger partial charge in [0.25, 0.3) is 5.56 Å². The zero-order valence-electron chi connectivity index (χ0n) is 13.7. The van der Waals surface area contributed by atoms with E-state index in [9.17, 15) is 18.8 Å². The lowest BCUT2D eigenvalue weighted by molar-refractivity contribution is 0.0378. The monoisotopic (exact) mass is 432 g/mol. The quantitative estimate of drug-likeness (QED) is 0.549. The molecule has 0 N–H and O–H groups in total. The molecule has 9 heteroatoms. The van der Waals surface area contributed by atoms with E-state index in [-0.39, 0.29) is 27.2 Å². The molecule has 0 aliphatic heterocycles. The number of nitrogens with zero attached hydrogens (tertiary/aromatic N) is 2. The largest absolute Gasteiger partial charge is 0.459 e. The molecular formula is C16H15BrClFN2O4. The van der Waals surface area contributed by atoms with Crippen LogP contribution in [-0.4, -0.2) is 21.2 Å². The number of rotatable bonds is 4. The fourth-order valence-corrected chi connectivity index (χ4v) is 2.79. The van der Waals surface area contributed by atoms with Crippen LogP contribution in [0.3, 0.4) is 0 Å². The number of ether oxygens (including phenoxy) is 1. The van der Waals surface area contributed by atoms with Crippen LogP contribution in [0.2, 0.25) is 5.02 Å². The second-order valence-corrected chi connectivity index (χ2v) is 6.53. The molecule has 0 aliphatic carbocycles. The molecule has 0 fully saturated rings. The molecule has 0 saturated carbocycles. The summed E-state index contributed by atoms with van der Waals surface area (Å²) in [5, 5.41) is 0.00523. The Hall–Kier alpha value is -1.93. The van der Waals surface area contributed by atoms with Crippen LogP contribution in [-0.2, 0) is 17.1 Å². The first-order valence-electron chi connectivity index (χ1n) is 7.25. The van der Waals surface area contributed by atoms with Crippen molar-refractivity contribution in [1.82, 2.24) is 9.13 Å². The van der Waals surface area contributed by atoms with Gasteiger partial charge in [0.05, 0.1) is 22.4 Å². The number of hydrogen-bond acceptors (Lipinski definition) is 4. The van der Waals surface area contributed by atoms with Crippen LogP contribution in [0, 0.1) is 5.82 Å². The van der Waals surface area contributed by atoms with E-state index in [0.29, 0.717) is 4.57 Å². The number of alkyl halides is 1. The minimum absolute atomic E-state index is 0.134. The van der Waals surface area contributed by atoms with Gasteiger partial charge >= 0.3 is 11.7 Å². The summed E-state index contributed by atoms with van der Waals surface area (Å²) < 4.78 is 21.3. The lowest BCUT2D eigenvalue weighted by atomic mass is 10.2. The number of carbonyl (C=O) groups excluding carboxylic acids is 1. The Balaban J connectivity index is 2.77. The standard InChI is InChI=1S/C16H15BrClFN2O4/c1-8(2)25-15(23)10-4-13(12(19)5-11(10)18)21-14(22)9(6-17)7-20(3)16(21)24/h4-5,7-8H,6H2,1-3H3. The normalized spacial score (nSPS) is 11.0. The summed E-state index contributed by atoms with van der Waals surface area (Å²) in [4.78, 5) is 36.9. The van der Waals surface area contributed by atoms with Gasteiger partial charge in [-0.3, -0.25) is 4.79 Å². The van der Waals surface area contributed by atoms with Gasteiger partial charge in [-0.15, -0.1) is 0 Å². The van der Waals surface area contributed by atoms with E-state index < -0.39 is 29.1 Å². The molecule has 0 saturated heterocycles. The number of hydrogen-bond donors (Lipinski definition) is 0. The fraction of sp³-hybridized carbons (Fsp3) is 0.312. The molecule has 0 spiro atoms. The van der Waals surface area contributed by atoms with Crippen LogP contribution in [0.1, 0.15) is 29.8 Å². The third-order valence-corrected chi connectivity index (χ3v) is 4.22. The second-order valence-electron chi connectivity index (χ2n) is 5.56. The number of benzene rings is 1. The van der Waals surface area contributed by atoms with Gasteiger partial charge in [0.1, 0.15) is 5.82 Å². The molecule has 1 aromatic carbocycles. The van der Waals surface area contributed by atoms with E-state index in [4.69, 9.17) is 16.3 Å². The van der Waals surface area contributed by atoms with E-state index in [2.05, 4.69) is 15.9 Å². The van der Waals surface area contributed by atoms with Gasteiger partial charge in [0, 0.05) is 24.1 Å². The summed E-state index contributed by atoms with van der Waals surface area (Å²) in [5.74, 6) is -1.68. The SMILES string of the molecule is CC(C)OC(=O)c1cc(-n2c(=O)c(CBr)cn(C)c2=O)c(F)cc1Cl. The maximum absolute atomic E-state index is 14.4. The van der Waals surface area contributed by atoms with Crippen LogP contribution >= 0.6 is 27.5 Å². The zero-order valence-corrected chi connectivity index (χ0v) is 16.0. The molecule has 2 aromatic rings. The maximum Gasteiger partial charge on any atom is 0.339 e. The summed E-state index contributed by atoms with van der Waals surface area (Å²) >= 11 is 9.07. The minimum atomic E-state index is -0.906. The Morgan fingerprint density at radius 2 is 2.00 bits per heavy atom. The highest BCUT2D eigenvalue weighted by molar-refractivity contribution is 9.08. The number of carbonyl (C=O) groups is 1. The topological polar surface area (TPSA) is 70.3 Å². The van der Waals surface area contributed by atoms with E-state index in [1.165, 1.54) is 13.2 Å². The van der Waals surface area contributed by atoms with Gasteiger partial charge in [-0.1, -0.05) is 27.5 Å². The van der Waals surface area contributed by atoms with Crippen LogP contribution in [0.25, 0.3) is 5.69 Å². The predicted molar refractivity (Wildman–Crippen MR) is 95.4 cm³/mol. The number of halogens is 3. The summed E-state index contributed by atoms with van der Waals surface area (Å²) in [6.07, 6.45) is 0.946. The van der Waals surface area contributed by atoms with Crippen LogP contribution in [0.5, 0.6) is 0 Å². The van der Waals surface area contributed by atoms with Crippen molar-refractivity contribution in [2.45, 2.75) is 25.3 Å². The molecule has 2 rings (SSSR count). The van der Waals surface area contributed by atoms with Gasteiger partial charge in [0.15, 0.2) is 0 Å². The lowest BCUT2D eigenvalue weighted by Gasteiger charge is -2.13. The van der Waals surface area contributed by atoms with Gasteiger partial charge < -0.3 is 9.30 Å². The molecular weight excluding hydrogens is 419 g/mol. The first-order chi connectivity index (χ1) is 11.7. The van der Waals surface area contributed by atoms with Crippen molar-refractivity contribution in [3.8, 4) is 5.69 Å². The summed E-state index contributed by atoms with van der Waals surface area (Å²) in [5.41, 5.74) is -1.69. The number of aromatic nitrogens is 2. The third kappa shape index (κ3) is 3.85. The van der Waals surface area contributed by atoms with E-state index in [0.717, 1.165) is 16.7 Å². The molecule has 0 aliphatic rings. The average Bonchev–Trinajstić information content (AvgIpc) is 2.52. The van der Waals surface area contributed by atoms with Gasteiger partial charge in [-0.25, -0.2) is 18.5 Å². The van der Waals surface area contributed by atoms with Gasteiger partial charge in [-0.05, 0) is 26.0 Å². The molecule has 0 atom stereocenters. The highest BCUT2D eigenvalue weighted by atomic mass is 79.9. The number of aryl methyl sites for hydroxylation is 1. The molecule has 6 nitrogen and oxygen atoms in total. The highest BCUT2D eigenvalue weighted by Crippen LogP contribution is 2.23. The minimum Gasteiger partial charge on any atom is -0.459 e. The van der Waals surface area contributed by atoms with Crippen molar-refractivity contribution in [2.75, 3.05) is 0 Å². The lowest BCUT2D eigenvalue weighted by Crippen LogP contribution is -2.39. The molecule has 1 heterocycles. The molecule has 0 amide bonds. The van der Waals surface area contributed by atoms with Crippen molar-refractivity contribution in [2.24, 2.45) is 7.05 Å². The van der Waals surface area contributed by atoms with Crippen LogP contribution < -0.4 is 11.2 Å². The first kappa shape index (κ1) is 19.4. The molecule has 134 valence electrons. The third-order valence-electron chi connectivity index (χ3n) is 3.30. The Labute approximate surface area is 155 Å². The molecule has 0 unspecified atom stereocenters. The Morgan fingerprint density at radius 3 is 2.56 bits per heavy atom. The van der Waals surface area contributed by atoms with Crippen molar-refractivity contribution >= 4 is 33.5 Å². The van der Waals surface area contributed by atoms with Crippen LogP contribution in [0.4, 0.5) is 4.39 Å². The smallest absolute Gasteiger partial charge is 0.339 e. The van der Waals surface area contributed by atoms with E-state index >= 15 is 0 Å². The Bertz CT molecular complexity index is 952. The molecule has 25 heavy (non-hydrogen) atoms. The summed E-state index contributed by atoms with van der Waals surface area (Å²) in [7, 11) is 1.44. The Morgan fingerprint density at radius 1 is 1.36 bits per heavy atom. The fourth-order valence-electron chi connectivity index (χ4n) is 2.18. The summed E-state index contributed by atoms with van der Waals surface area (Å²) in [6, 6.07) is 1.92. The van der Waals surface area contributed by atoms with Crippen molar-refractivity contribution in [1.29, 1.82) is 0 Å². The maximum atomic E-state index is 14.4. The molecule has 0 bridgehead atoms. The molecule has 0 radical (unpaired) electrons. The predicted octanol–water partition coefficient (Wildman–Crippen LogP) is 2.79.